The number of nitrogens with zero attached hydrogens (tertiary/aromatic N) is 1. The predicted octanol–water partition coefficient (Wildman–Crippen LogP) is 2.07. The van der Waals surface area contributed by atoms with Crippen molar-refractivity contribution in [3.05, 3.63) is 35.4 Å². The van der Waals surface area contributed by atoms with Crippen molar-refractivity contribution in [3.63, 3.8) is 0 Å². The van der Waals surface area contributed by atoms with E-state index in [1.807, 2.05) is 6.92 Å². The fourth-order valence-corrected chi connectivity index (χ4v) is 2.40. The molecule has 0 radical (unpaired) electrons. The first-order chi connectivity index (χ1) is 10.8. The summed E-state index contributed by atoms with van der Waals surface area (Å²) in [6.07, 6.45) is 2.61. The van der Waals surface area contributed by atoms with E-state index in [2.05, 4.69) is 39.9 Å². The summed E-state index contributed by atoms with van der Waals surface area (Å²) in [6, 6.07) is 8.45. The third-order valence-corrected chi connectivity index (χ3v) is 3.70. The van der Waals surface area contributed by atoms with E-state index in [4.69, 9.17) is 9.47 Å². The Labute approximate surface area is 133 Å². The number of hydrogen-bond acceptors (Lipinski definition) is 3. The summed E-state index contributed by atoms with van der Waals surface area (Å²) in [6.45, 7) is 5.87. The Balaban J connectivity index is 1.72. The van der Waals surface area contributed by atoms with Gasteiger partial charge in [0.05, 0.1) is 12.7 Å². The molecule has 5 nitrogen and oxygen atoms in total. The van der Waals surface area contributed by atoms with Crippen molar-refractivity contribution in [2.75, 3.05) is 26.8 Å². The zero-order chi connectivity index (χ0) is 15.6. The summed E-state index contributed by atoms with van der Waals surface area (Å²) >= 11 is 0. The maximum Gasteiger partial charge on any atom is 0.191 e. The van der Waals surface area contributed by atoms with Crippen LogP contribution in [0.2, 0.25) is 0 Å². The van der Waals surface area contributed by atoms with Gasteiger partial charge in [0.25, 0.3) is 0 Å². The molecular weight excluding hydrogens is 278 g/mol. The average Bonchev–Trinajstić information content (AvgIpc) is 3.07. The predicted molar refractivity (Wildman–Crippen MR) is 88.9 cm³/mol. The van der Waals surface area contributed by atoms with Crippen LogP contribution >= 0.6 is 0 Å². The zero-order valence-electron chi connectivity index (χ0n) is 13.6. The van der Waals surface area contributed by atoms with Gasteiger partial charge in [-0.2, -0.15) is 0 Å². The lowest BCUT2D eigenvalue weighted by Crippen LogP contribution is -2.40. The SMILES string of the molecule is CCOCc1ccc(CNC(=NC)NCC2CCCO2)cc1. The van der Waals surface area contributed by atoms with Gasteiger partial charge in [0.1, 0.15) is 0 Å². The second-order valence-corrected chi connectivity index (χ2v) is 5.40. The highest BCUT2D eigenvalue weighted by molar-refractivity contribution is 5.79. The molecule has 1 aromatic carbocycles. The second-order valence-electron chi connectivity index (χ2n) is 5.40. The second kappa shape index (κ2) is 9.43. The van der Waals surface area contributed by atoms with Crippen molar-refractivity contribution in [2.45, 2.75) is 39.0 Å². The first-order valence-electron chi connectivity index (χ1n) is 8.03. The summed E-state index contributed by atoms with van der Waals surface area (Å²) in [4.78, 5) is 4.24. The maximum absolute atomic E-state index is 5.60. The van der Waals surface area contributed by atoms with Crippen LogP contribution in [0.4, 0.5) is 0 Å². The minimum absolute atomic E-state index is 0.316. The molecule has 1 saturated heterocycles. The summed E-state index contributed by atoms with van der Waals surface area (Å²) < 4.78 is 11.0. The van der Waals surface area contributed by atoms with E-state index in [9.17, 15) is 0 Å². The quantitative estimate of drug-likeness (QED) is 0.598. The van der Waals surface area contributed by atoms with Gasteiger partial charge in [-0.25, -0.2) is 0 Å². The zero-order valence-corrected chi connectivity index (χ0v) is 13.6. The molecule has 0 spiro atoms. The largest absolute Gasteiger partial charge is 0.377 e. The van der Waals surface area contributed by atoms with E-state index >= 15 is 0 Å². The molecule has 1 fully saturated rings. The van der Waals surface area contributed by atoms with E-state index in [1.165, 1.54) is 11.1 Å². The van der Waals surface area contributed by atoms with Crippen molar-refractivity contribution in [1.29, 1.82) is 0 Å². The van der Waals surface area contributed by atoms with Crippen molar-refractivity contribution in [3.8, 4) is 0 Å². The minimum Gasteiger partial charge on any atom is -0.377 e. The molecule has 0 bridgehead atoms. The lowest BCUT2D eigenvalue weighted by Gasteiger charge is -2.15. The lowest BCUT2D eigenvalue weighted by atomic mass is 10.1. The molecule has 1 aromatic rings. The van der Waals surface area contributed by atoms with Crippen LogP contribution in [0.15, 0.2) is 29.3 Å². The van der Waals surface area contributed by atoms with Crippen LogP contribution in [0.5, 0.6) is 0 Å². The number of nitrogens with one attached hydrogen (secondary N) is 2. The fraction of sp³-hybridized carbons (Fsp3) is 0.588. The van der Waals surface area contributed by atoms with Gasteiger partial charge in [-0.15, -0.1) is 0 Å². The average molecular weight is 305 g/mol. The van der Waals surface area contributed by atoms with Crippen molar-refractivity contribution in [1.82, 2.24) is 10.6 Å². The number of aliphatic imine (C=N–C) groups is 1. The van der Waals surface area contributed by atoms with Crippen molar-refractivity contribution < 1.29 is 9.47 Å². The maximum atomic E-state index is 5.60. The third kappa shape index (κ3) is 5.66. The molecule has 1 unspecified atom stereocenters. The van der Waals surface area contributed by atoms with E-state index in [1.54, 1.807) is 7.05 Å². The monoisotopic (exact) mass is 305 g/mol. The Hall–Kier alpha value is -1.59. The molecule has 1 atom stereocenters. The van der Waals surface area contributed by atoms with Gasteiger partial charge >= 0.3 is 0 Å². The number of hydrogen-bond donors (Lipinski definition) is 2. The number of guanidine groups is 1. The molecule has 22 heavy (non-hydrogen) atoms. The van der Waals surface area contributed by atoms with Gasteiger partial charge in [-0.1, -0.05) is 24.3 Å². The summed E-state index contributed by atoms with van der Waals surface area (Å²) in [5.41, 5.74) is 2.42. The molecule has 2 rings (SSSR count). The normalized spacial score (nSPS) is 18.5. The van der Waals surface area contributed by atoms with Crippen LogP contribution in [-0.4, -0.2) is 38.9 Å². The van der Waals surface area contributed by atoms with Crippen LogP contribution in [-0.2, 0) is 22.6 Å². The molecule has 1 heterocycles. The summed E-state index contributed by atoms with van der Waals surface area (Å²) in [5.74, 6) is 0.814. The minimum atomic E-state index is 0.316. The van der Waals surface area contributed by atoms with Gasteiger partial charge in [-0.05, 0) is 30.9 Å². The Bertz CT molecular complexity index is 453. The highest BCUT2D eigenvalue weighted by atomic mass is 16.5. The standard InChI is InChI=1S/C17H27N3O2/c1-3-21-13-15-8-6-14(7-9-15)11-19-17(18-2)20-12-16-5-4-10-22-16/h6-9,16H,3-5,10-13H2,1-2H3,(H2,18,19,20). The summed E-state index contributed by atoms with van der Waals surface area (Å²) in [5, 5.41) is 6.64. The molecule has 1 aliphatic heterocycles. The Kier molecular flexibility index (Phi) is 7.19. The highest BCUT2D eigenvalue weighted by Gasteiger charge is 2.15. The molecule has 0 aromatic heterocycles. The first-order valence-corrected chi connectivity index (χ1v) is 8.03. The molecular formula is C17H27N3O2. The van der Waals surface area contributed by atoms with Crippen LogP contribution in [0, 0.1) is 0 Å². The van der Waals surface area contributed by atoms with Gasteiger partial charge in [0.15, 0.2) is 5.96 Å². The Morgan fingerprint density at radius 1 is 1.27 bits per heavy atom. The van der Waals surface area contributed by atoms with Gasteiger partial charge < -0.3 is 20.1 Å². The van der Waals surface area contributed by atoms with Gasteiger partial charge in [0, 0.05) is 33.4 Å². The smallest absolute Gasteiger partial charge is 0.191 e. The van der Waals surface area contributed by atoms with Gasteiger partial charge in [-0.3, -0.25) is 4.99 Å². The third-order valence-electron chi connectivity index (χ3n) is 3.70. The molecule has 122 valence electrons. The molecule has 2 N–H and O–H groups in total. The topological polar surface area (TPSA) is 54.9 Å². The van der Waals surface area contributed by atoms with Crippen LogP contribution in [0.25, 0.3) is 0 Å². The Morgan fingerprint density at radius 3 is 2.68 bits per heavy atom. The fourth-order valence-electron chi connectivity index (χ4n) is 2.40. The molecule has 0 aliphatic carbocycles. The molecule has 0 saturated carbocycles. The van der Waals surface area contributed by atoms with E-state index in [0.29, 0.717) is 12.7 Å². The Morgan fingerprint density at radius 2 is 2.05 bits per heavy atom. The number of ether oxygens (including phenoxy) is 2. The van der Waals surface area contributed by atoms with Gasteiger partial charge in [0.2, 0.25) is 0 Å². The number of benzene rings is 1. The van der Waals surface area contributed by atoms with Crippen molar-refractivity contribution >= 4 is 5.96 Å². The molecule has 0 amide bonds. The highest BCUT2D eigenvalue weighted by Crippen LogP contribution is 2.10. The van der Waals surface area contributed by atoms with Crippen LogP contribution < -0.4 is 10.6 Å². The van der Waals surface area contributed by atoms with Crippen molar-refractivity contribution in [2.24, 2.45) is 4.99 Å². The lowest BCUT2D eigenvalue weighted by molar-refractivity contribution is 0.114. The summed E-state index contributed by atoms with van der Waals surface area (Å²) in [7, 11) is 1.79. The van der Waals surface area contributed by atoms with E-state index in [0.717, 1.165) is 45.1 Å². The van der Waals surface area contributed by atoms with E-state index in [-0.39, 0.29) is 0 Å². The van der Waals surface area contributed by atoms with Crippen LogP contribution in [0.1, 0.15) is 30.9 Å². The molecule has 1 aliphatic rings. The first kappa shape index (κ1) is 16.8. The number of rotatable bonds is 7. The van der Waals surface area contributed by atoms with Crippen LogP contribution in [0.3, 0.4) is 0 Å². The molecule has 5 heteroatoms. The van der Waals surface area contributed by atoms with E-state index < -0.39 is 0 Å².